The van der Waals surface area contributed by atoms with Gasteiger partial charge < -0.3 is 9.73 Å². The fourth-order valence-electron chi connectivity index (χ4n) is 3.29. The molecule has 0 radical (unpaired) electrons. The minimum Gasteiger partial charge on any atom is -0.469 e. The first-order valence-electron chi connectivity index (χ1n) is 7.09. The number of hydrogen-bond acceptors (Lipinski definition) is 4. The Kier molecular flexibility index (Phi) is 3.68. The number of nitrogens with one attached hydrogen (secondary N) is 1. The van der Waals surface area contributed by atoms with Crippen LogP contribution in [-0.4, -0.2) is 61.2 Å². The summed E-state index contributed by atoms with van der Waals surface area (Å²) in [6.07, 6.45) is 2.77. The highest BCUT2D eigenvalue weighted by atomic mass is 16.3. The van der Waals surface area contributed by atoms with E-state index < -0.39 is 0 Å². The minimum absolute atomic E-state index is 0.504. The average Bonchev–Trinajstić information content (AvgIpc) is 2.92. The molecule has 100 valence electrons. The van der Waals surface area contributed by atoms with Crippen LogP contribution in [0, 0.1) is 0 Å². The van der Waals surface area contributed by atoms with E-state index in [9.17, 15) is 0 Å². The third-order valence-electron chi connectivity index (χ3n) is 4.25. The Balaban J connectivity index is 1.69. The van der Waals surface area contributed by atoms with Crippen LogP contribution in [0.5, 0.6) is 0 Å². The predicted octanol–water partition coefficient (Wildman–Crippen LogP) is 0.800. The monoisotopic (exact) mass is 249 g/mol. The molecule has 2 unspecified atom stereocenters. The van der Waals surface area contributed by atoms with Gasteiger partial charge in [0.25, 0.3) is 0 Å². The summed E-state index contributed by atoms with van der Waals surface area (Å²) in [6, 6.07) is 5.21. The van der Waals surface area contributed by atoms with E-state index in [1.165, 1.54) is 32.7 Å². The van der Waals surface area contributed by atoms with Crippen LogP contribution in [0.15, 0.2) is 22.8 Å². The van der Waals surface area contributed by atoms with E-state index in [2.05, 4.69) is 28.1 Å². The lowest BCUT2D eigenvalue weighted by atomic mass is 9.96. The van der Waals surface area contributed by atoms with Gasteiger partial charge in [0.05, 0.1) is 6.26 Å². The summed E-state index contributed by atoms with van der Waals surface area (Å²) in [5.74, 6) is 1.10. The second kappa shape index (κ2) is 5.43. The zero-order valence-electron chi connectivity index (χ0n) is 11.1. The van der Waals surface area contributed by atoms with Gasteiger partial charge in [0.1, 0.15) is 5.76 Å². The Hall–Kier alpha value is -0.840. The molecule has 3 aliphatic rings. The number of fused-ring (bicyclic) bond motifs is 3. The fraction of sp³-hybridized carbons (Fsp3) is 0.714. The highest BCUT2D eigenvalue weighted by Crippen LogP contribution is 2.20. The topological polar surface area (TPSA) is 31.7 Å². The van der Waals surface area contributed by atoms with Crippen molar-refractivity contribution < 1.29 is 4.42 Å². The van der Waals surface area contributed by atoms with E-state index in [-0.39, 0.29) is 0 Å². The van der Waals surface area contributed by atoms with Gasteiger partial charge >= 0.3 is 0 Å². The van der Waals surface area contributed by atoms with Crippen LogP contribution in [0.1, 0.15) is 12.7 Å². The summed E-state index contributed by atoms with van der Waals surface area (Å²) in [7, 11) is 0. The van der Waals surface area contributed by atoms with Crippen molar-refractivity contribution in [1.29, 1.82) is 0 Å². The summed E-state index contributed by atoms with van der Waals surface area (Å²) >= 11 is 0. The lowest BCUT2D eigenvalue weighted by molar-refractivity contribution is -0.00355. The van der Waals surface area contributed by atoms with E-state index in [0.717, 1.165) is 18.7 Å². The second-order valence-corrected chi connectivity index (χ2v) is 5.35. The summed E-state index contributed by atoms with van der Waals surface area (Å²) in [5, 5.41) is 3.65. The van der Waals surface area contributed by atoms with Gasteiger partial charge in [-0.3, -0.25) is 9.80 Å². The molecule has 0 saturated carbocycles. The molecule has 4 heterocycles. The molecule has 1 aromatic rings. The average molecular weight is 249 g/mol. The van der Waals surface area contributed by atoms with Crippen molar-refractivity contribution in [2.75, 3.05) is 39.3 Å². The van der Waals surface area contributed by atoms with Crippen LogP contribution >= 0.6 is 0 Å². The molecule has 3 saturated heterocycles. The molecule has 1 N–H and O–H groups in total. The van der Waals surface area contributed by atoms with Gasteiger partial charge in [0.2, 0.25) is 0 Å². The first-order valence-corrected chi connectivity index (χ1v) is 7.09. The van der Waals surface area contributed by atoms with Crippen molar-refractivity contribution in [3.8, 4) is 0 Å². The maximum absolute atomic E-state index is 5.51. The van der Waals surface area contributed by atoms with E-state index >= 15 is 0 Å². The Morgan fingerprint density at radius 2 is 2.22 bits per heavy atom. The number of furan rings is 1. The van der Waals surface area contributed by atoms with Crippen molar-refractivity contribution in [2.45, 2.75) is 25.4 Å². The molecule has 4 heteroatoms. The van der Waals surface area contributed by atoms with Crippen LogP contribution in [-0.2, 0) is 6.42 Å². The Bertz CT molecular complexity index is 357. The number of rotatable bonds is 5. The molecule has 2 bridgehead atoms. The first-order chi connectivity index (χ1) is 8.86. The molecule has 0 aromatic carbocycles. The molecule has 1 aromatic heterocycles. The third-order valence-corrected chi connectivity index (χ3v) is 4.25. The molecule has 0 amide bonds. The summed E-state index contributed by atoms with van der Waals surface area (Å²) in [6.45, 7) is 9.36. The zero-order valence-corrected chi connectivity index (χ0v) is 11.1. The number of nitrogens with zero attached hydrogens (tertiary/aromatic N) is 2. The Morgan fingerprint density at radius 1 is 1.39 bits per heavy atom. The Labute approximate surface area is 109 Å². The van der Waals surface area contributed by atoms with Crippen molar-refractivity contribution >= 4 is 0 Å². The molecule has 2 atom stereocenters. The standard InChI is InChI=1S/C14H23N3O/c1-2-15-13(10-12-4-3-9-18-12)14-11-16-5-7-17(14)8-6-16/h3-4,9,13-15H,2,5-8,10-11H2,1H3. The van der Waals surface area contributed by atoms with Crippen molar-refractivity contribution in [3.05, 3.63) is 24.2 Å². The maximum Gasteiger partial charge on any atom is 0.105 e. The van der Waals surface area contributed by atoms with Gasteiger partial charge in [0, 0.05) is 51.2 Å². The summed E-state index contributed by atoms with van der Waals surface area (Å²) in [5.41, 5.74) is 0. The van der Waals surface area contributed by atoms with Gasteiger partial charge in [-0.2, -0.15) is 0 Å². The van der Waals surface area contributed by atoms with Gasteiger partial charge in [-0.25, -0.2) is 0 Å². The molecule has 3 aliphatic heterocycles. The number of piperazine rings is 3. The lowest BCUT2D eigenvalue weighted by Crippen LogP contribution is -2.66. The molecule has 18 heavy (non-hydrogen) atoms. The minimum atomic E-state index is 0.504. The molecular formula is C14H23N3O. The molecule has 0 aliphatic carbocycles. The number of likely N-dealkylation sites (N-methyl/N-ethyl adjacent to an activating group) is 1. The molecule has 0 spiro atoms. The molecular weight excluding hydrogens is 226 g/mol. The molecule has 4 nitrogen and oxygen atoms in total. The predicted molar refractivity (Wildman–Crippen MR) is 71.7 cm³/mol. The molecule has 3 fully saturated rings. The smallest absolute Gasteiger partial charge is 0.105 e. The molecule has 4 rings (SSSR count). The van der Waals surface area contributed by atoms with E-state index in [1.54, 1.807) is 6.26 Å². The van der Waals surface area contributed by atoms with Crippen LogP contribution in [0.4, 0.5) is 0 Å². The zero-order chi connectivity index (χ0) is 12.4. The van der Waals surface area contributed by atoms with Gasteiger partial charge in [-0.15, -0.1) is 0 Å². The van der Waals surface area contributed by atoms with Gasteiger partial charge in [0.15, 0.2) is 0 Å². The maximum atomic E-state index is 5.51. The largest absolute Gasteiger partial charge is 0.469 e. The van der Waals surface area contributed by atoms with Crippen molar-refractivity contribution in [1.82, 2.24) is 15.1 Å². The second-order valence-electron chi connectivity index (χ2n) is 5.35. The quantitative estimate of drug-likeness (QED) is 0.836. The van der Waals surface area contributed by atoms with Crippen molar-refractivity contribution in [2.24, 2.45) is 0 Å². The summed E-state index contributed by atoms with van der Waals surface area (Å²) in [4.78, 5) is 5.24. The lowest BCUT2D eigenvalue weighted by Gasteiger charge is -2.50. The van der Waals surface area contributed by atoms with Gasteiger partial charge in [-0.05, 0) is 18.7 Å². The van der Waals surface area contributed by atoms with Crippen LogP contribution in [0.25, 0.3) is 0 Å². The van der Waals surface area contributed by atoms with E-state index in [4.69, 9.17) is 4.42 Å². The van der Waals surface area contributed by atoms with Crippen LogP contribution in [0.2, 0.25) is 0 Å². The van der Waals surface area contributed by atoms with E-state index in [0.29, 0.717) is 12.1 Å². The normalized spacial score (nSPS) is 32.6. The van der Waals surface area contributed by atoms with Crippen molar-refractivity contribution in [3.63, 3.8) is 0 Å². The SMILES string of the molecule is CCNC(Cc1ccco1)C1CN2CCN1CC2. The Morgan fingerprint density at radius 3 is 2.78 bits per heavy atom. The highest BCUT2D eigenvalue weighted by Gasteiger charge is 2.36. The summed E-state index contributed by atoms with van der Waals surface area (Å²) < 4.78 is 5.51. The van der Waals surface area contributed by atoms with Crippen LogP contribution in [0.3, 0.4) is 0 Å². The highest BCUT2D eigenvalue weighted by molar-refractivity contribution is 5.04. The van der Waals surface area contributed by atoms with Gasteiger partial charge in [-0.1, -0.05) is 6.92 Å². The number of hydrogen-bond donors (Lipinski definition) is 1. The fourth-order valence-corrected chi connectivity index (χ4v) is 3.29. The first kappa shape index (κ1) is 12.2. The van der Waals surface area contributed by atoms with E-state index in [1.807, 2.05) is 6.07 Å². The third kappa shape index (κ3) is 2.46. The van der Waals surface area contributed by atoms with Crippen LogP contribution < -0.4 is 5.32 Å².